The van der Waals surface area contributed by atoms with Crippen LogP contribution in [-0.4, -0.2) is 82.3 Å². The molecule has 0 aromatic carbocycles. The van der Waals surface area contributed by atoms with E-state index < -0.39 is 24.3 Å². The van der Waals surface area contributed by atoms with Gasteiger partial charge in [0.2, 0.25) is 0 Å². The second kappa shape index (κ2) is 77.3. The highest BCUT2D eigenvalue weighted by Gasteiger charge is 2.22. The van der Waals surface area contributed by atoms with Gasteiger partial charge in [0.05, 0.1) is 40.3 Å². The van der Waals surface area contributed by atoms with Gasteiger partial charge in [-0.2, -0.15) is 0 Å². The maximum atomic E-state index is 13.0. The number of allylic oxidation sites excluding steroid dienone is 36. The van der Waals surface area contributed by atoms with Crippen LogP contribution in [0, 0.1) is 0 Å². The van der Waals surface area contributed by atoms with E-state index in [2.05, 4.69) is 233 Å². The third-order valence-electron chi connectivity index (χ3n) is 15.7. The molecule has 0 rings (SSSR count). The van der Waals surface area contributed by atoms with Crippen LogP contribution in [0.3, 0.4) is 0 Å². The van der Waals surface area contributed by atoms with Gasteiger partial charge in [0.15, 0.2) is 12.4 Å². The van der Waals surface area contributed by atoms with Crippen LogP contribution in [0.4, 0.5) is 0 Å². The molecule has 0 heterocycles. The van der Waals surface area contributed by atoms with E-state index >= 15 is 0 Å². The first kappa shape index (κ1) is 92.6. The lowest BCUT2D eigenvalue weighted by molar-refractivity contribution is -0.870. The number of nitrogens with zero attached hydrogens (tertiary/aromatic N) is 1. The summed E-state index contributed by atoms with van der Waals surface area (Å²) < 4.78 is 22.8. The first-order valence-electron chi connectivity index (χ1n) is 38.9. The Morgan fingerprint density at radius 2 is 0.545 bits per heavy atom. The van der Waals surface area contributed by atoms with Crippen LogP contribution in [0.1, 0.15) is 271 Å². The fraction of sp³-hybridized carbons (Fsp3) is 0.567. The minimum Gasteiger partial charge on any atom is -0.545 e. The summed E-state index contributed by atoms with van der Waals surface area (Å²) in [7, 11) is 5.91. The van der Waals surface area contributed by atoms with E-state index in [1.54, 1.807) is 0 Å². The summed E-state index contributed by atoms with van der Waals surface area (Å²) in [6, 6.07) is 0. The van der Waals surface area contributed by atoms with E-state index in [0.717, 1.165) is 173 Å². The number of carbonyl (C=O) groups excluding carboxylic acids is 3. The SMILES string of the molecule is CC/C=C\C/C=C\C/C=C\C/C=C\C/C=C\C/C=C\C/C=C\C/C=C\C/C=C\C/C=C\C/C=C\CCCCCCCC(=O)OC(COC(=O)CCCCCCCCCCCCCCC/C=C\C/C=C\C/C=C\C/C=C\C/C=C\C/C=C\C/C=C\CC)COC(OCC[N+](C)(C)C)C(=O)[O-]. The number of carbonyl (C=O) groups is 3. The number of carboxylic acids is 1. The maximum Gasteiger partial charge on any atom is 0.306 e. The summed E-state index contributed by atoms with van der Waals surface area (Å²) in [5.41, 5.74) is 0. The minimum atomic E-state index is -1.64. The number of ether oxygens (including phenoxy) is 4. The van der Waals surface area contributed by atoms with Gasteiger partial charge in [-0.15, -0.1) is 0 Å². The fourth-order valence-electron chi connectivity index (χ4n) is 9.87. The summed E-state index contributed by atoms with van der Waals surface area (Å²) in [6.45, 7) is 4.48. The Balaban J connectivity index is 4.20. The molecule has 0 saturated carbocycles. The first-order chi connectivity index (χ1) is 48.6. The van der Waals surface area contributed by atoms with Gasteiger partial charge in [-0.05, 0) is 154 Å². The smallest absolute Gasteiger partial charge is 0.306 e. The lowest BCUT2D eigenvalue weighted by Crippen LogP contribution is -2.44. The molecule has 554 valence electrons. The summed E-state index contributed by atoms with van der Waals surface area (Å²) in [5, 5.41) is 11.9. The molecule has 0 aliphatic rings. The molecule has 0 fully saturated rings. The van der Waals surface area contributed by atoms with Crippen molar-refractivity contribution >= 4 is 17.9 Å². The predicted octanol–water partition coefficient (Wildman–Crippen LogP) is 23.9. The third kappa shape index (κ3) is 78.8. The zero-order chi connectivity index (χ0) is 71.8. The van der Waals surface area contributed by atoms with Crippen molar-refractivity contribution in [1.29, 1.82) is 0 Å². The normalized spacial score (nSPS) is 13.9. The summed E-state index contributed by atoms with van der Waals surface area (Å²) in [6.07, 6.45) is 119. The first-order valence-corrected chi connectivity index (χ1v) is 38.9. The van der Waals surface area contributed by atoms with Gasteiger partial charge >= 0.3 is 11.9 Å². The number of rotatable bonds is 69. The standard InChI is InChI=1S/C90H141NO8/c1-6-8-10-12-14-16-18-20-22-24-26-28-30-32-34-36-38-40-42-43-44-45-47-49-51-53-55-57-59-61-63-65-67-69-71-73-75-77-79-81-88(93)99-86(85-98-90(89(94)95)96-83-82-91(3,4)5)84-97-87(92)80-78-76-74-72-70-68-66-64-62-60-58-56-54-52-50-48-46-41-39-37-35-33-31-29-27-25-23-21-19-17-15-13-11-9-7-2/h8-11,14-17,20-23,26-29,32-35,38-41,43-44,47-50,53,55,59,61,65,67,86,90H,6-7,12-13,18-19,24-25,30-31,36-37,42,45-46,51-52,54,56-58,60,62-64,66,68-85H2,1-5H3/b10-8-,11-9-,16-14-,17-15-,22-20-,23-21-,28-26-,29-27-,34-32-,35-33-,40-38-,41-39-,44-43-,49-47-,50-48-,55-53-,61-59-,67-65-. The van der Waals surface area contributed by atoms with E-state index in [1.807, 2.05) is 21.1 Å². The molecule has 0 N–H and O–H groups in total. The number of hydrogen-bond acceptors (Lipinski definition) is 8. The molecular formula is C90H141NO8. The Kier molecular flexibility index (Phi) is 72.4. The zero-order valence-corrected chi connectivity index (χ0v) is 63.3. The zero-order valence-electron chi connectivity index (χ0n) is 63.3. The number of esters is 2. The number of unbranched alkanes of at least 4 members (excludes halogenated alkanes) is 18. The second-order valence-corrected chi connectivity index (χ2v) is 26.2. The molecule has 9 heteroatoms. The number of carboxylic acid groups (broad SMARTS) is 1. The second-order valence-electron chi connectivity index (χ2n) is 26.2. The van der Waals surface area contributed by atoms with Crippen molar-refractivity contribution in [2.75, 3.05) is 47.5 Å². The molecular weight excluding hydrogens is 1220 g/mol. The number of quaternary nitrogens is 1. The Bertz CT molecular complexity index is 2440. The molecule has 0 aromatic heterocycles. The van der Waals surface area contributed by atoms with E-state index in [0.29, 0.717) is 17.4 Å². The molecule has 2 unspecified atom stereocenters. The summed E-state index contributed by atoms with van der Waals surface area (Å²) in [4.78, 5) is 37.6. The summed E-state index contributed by atoms with van der Waals surface area (Å²) >= 11 is 0. The molecule has 0 spiro atoms. The van der Waals surface area contributed by atoms with Crippen molar-refractivity contribution in [2.45, 2.75) is 283 Å². The fourth-order valence-corrected chi connectivity index (χ4v) is 9.87. The number of likely N-dealkylation sites (N-methyl/N-ethyl adjacent to an activating group) is 1. The lowest BCUT2D eigenvalue weighted by atomic mass is 10.0. The van der Waals surface area contributed by atoms with Gasteiger partial charge in [0.1, 0.15) is 13.2 Å². The Morgan fingerprint density at radius 3 is 0.808 bits per heavy atom. The van der Waals surface area contributed by atoms with Crippen LogP contribution in [0.5, 0.6) is 0 Å². The molecule has 0 aromatic rings. The van der Waals surface area contributed by atoms with Gasteiger partial charge in [0.25, 0.3) is 0 Å². The predicted molar refractivity (Wildman–Crippen MR) is 425 cm³/mol. The van der Waals surface area contributed by atoms with Crippen molar-refractivity contribution in [2.24, 2.45) is 0 Å². The van der Waals surface area contributed by atoms with Gasteiger partial charge in [-0.3, -0.25) is 9.59 Å². The average molecular weight is 1370 g/mol. The average Bonchev–Trinajstić information content (AvgIpc) is 1.14. The van der Waals surface area contributed by atoms with Crippen molar-refractivity contribution in [3.63, 3.8) is 0 Å². The molecule has 0 aliphatic heterocycles. The van der Waals surface area contributed by atoms with E-state index in [4.69, 9.17) is 18.9 Å². The maximum absolute atomic E-state index is 13.0. The van der Waals surface area contributed by atoms with Crippen molar-refractivity contribution < 1.29 is 42.9 Å². The van der Waals surface area contributed by atoms with E-state index in [9.17, 15) is 19.5 Å². The van der Waals surface area contributed by atoms with Gasteiger partial charge < -0.3 is 33.3 Å². The highest BCUT2D eigenvalue weighted by atomic mass is 16.7. The van der Waals surface area contributed by atoms with Crippen LogP contribution in [0.2, 0.25) is 0 Å². The molecule has 0 bridgehead atoms. The van der Waals surface area contributed by atoms with Crippen LogP contribution in [-0.2, 0) is 33.3 Å². The van der Waals surface area contributed by atoms with Gasteiger partial charge in [-0.25, -0.2) is 0 Å². The van der Waals surface area contributed by atoms with Crippen molar-refractivity contribution in [1.82, 2.24) is 0 Å². The van der Waals surface area contributed by atoms with Gasteiger partial charge in [-0.1, -0.05) is 322 Å². The third-order valence-corrected chi connectivity index (χ3v) is 15.7. The van der Waals surface area contributed by atoms with Crippen LogP contribution in [0.25, 0.3) is 0 Å². The van der Waals surface area contributed by atoms with Crippen molar-refractivity contribution in [3.8, 4) is 0 Å². The topological polar surface area (TPSA) is 111 Å². The Morgan fingerprint density at radius 1 is 0.303 bits per heavy atom. The van der Waals surface area contributed by atoms with Gasteiger partial charge in [0, 0.05) is 12.8 Å². The van der Waals surface area contributed by atoms with Crippen LogP contribution >= 0.6 is 0 Å². The molecule has 0 saturated heterocycles. The highest BCUT2D eigenvalue weighted by molar-refractivity contribution is 5.70. The minimum absolute atomic E-state index is 0.132. The molecule has 0 amide bonds. The molecule has 0 aliphatic carbocycles. The Labute approximate surface area is 607 Å². The molecule has 99 heavy (non-hydrogen) atoms. The van der Waals surface area contributed by atoms with Crippen LogP contribution in [0.15, 0.2) is 219 Å². The molecule has 0 radical (unpaired) electrons. The molecule has 9 nitrogen and oxygen atoms in total. The van der Waals surface area contributed by atoms with E-state index in [-0.39, 0.29) is 38.6 Å². The Hall–Kier alpha value is -6.39. The monoisotopic (exact) mass is 1360 g/mol. The molecule has 2 atom stereocenters. The number of hydrogen-bond donors (Lipinski definition) is 0. The summed E-state index contributed by atoms with van der Waals surface area (Å²) in [5.74, 6) is -2.33. The van der Waals surface area contributed by atoms with E-state index in [1.165, 1.54) is 64.2 Å². The largest absolute Gasteiger partial charge is 0.545 e. The highest BCUT2D eigenvalue weighted by Crippen LogP contribution is 2.16. The van der Waals surface area contributed by atoms with Crippen LogP contribution < -0.4 is 5.11 Å². The quantitative estimate of drug-likeness (QED) is 0.0195. The van der Waals surface area contributed by atoms with Crippen molar-refractivity contribution in [3.05, 3.63) is 219 Å². The number of aliphatic carboxylic acids is 1. The lowest BCUT2D eigenvalue weighted by Gasteiger charge is -2.26.